The molecule has 2 bridgehead atoms. The van der Waals surface area contributed by atoms with Gasteiger partial charge in [0.2, 0.25) is 0 Å². The normalized spacial score (nSPS) is 42.2. The minimum absolute atomic E-state index is 0.0309. The molecule has 4 heteroatoms. The molecule has 4 nitrogen and oxygen atoms in total. The molecule has 0 radical (unpaired) electrons. The Morgan fingerprint density at radius 3 is 3.00 bits per heavy atom. The summed E-state index contributed by atoms with van der Waals surface area (Å²) in [7, 11) is 0. The van der Waals surface area contributed by atoms with E-state index in [9.17, 15) is 0 Å². The second-order valence-corrected chi connectivity index (χ2v) is 3.16. The van der Waals surface area contributed by atoms with Gasteiger partial charge in [0, 0.05) is 4.91 Å². The van der Waals surface area contributed by atoms with E-state index in [-0.39, 0.29) is 5.60 Å². The highest BCUT2D eigenvalue weighted by Crippen LogP contribution is 2.48. The van der Waals surface area contributed by atoms with E-state index in [2.05, 4.69) is 10.0 Å². The van der Waals surface area contributed by atoms with Gasteiger partial charge in [-0.1, -0.05) is 5.11 Å². The summed E-state index contributed by atoms with van der Waals surface area (Å²) in [5, 5.41) is 3.52. The van der Waals surface area contributed by atoms with E-state index in [1.165, 1.54) is 0 Å². The van der Waals surface area contributed by atoms with Crippen LogP contribution in [0.5, 0.6) is 0 Å². The van der Waals surface area contributed by atoms with E-state index in [1.807, 2.05) is 0 Å². The van der Waals surface area contributed by atoms with Gasteiger partial charge in [-0.05, 0) is 24.3 Å². The van der Waals surface area contributed by atoms with Gasteiger partial charge in [-0.3, -0.25) is 0 Å². The topological polar surface area (TPSA) is 58.0 Å². The number of azide groups is 1. The van der Waals surface area contributed by atoms with Crippen molar-refractivity contribution in [2.45, 2.75) is 18.4 Å². The van der Waals surface area contributed by atoms with Gasteiger partial charge in [-0.2, -0.15) is 0 Å². The zero-order valence-electron chi connectivity index (χ0n) is 5.66. The van der Waals surface area contributed by atoms with Gasteiger partial charge < -0.3 is 4.74 Å². The number of hydrogen-bond acceptors (Lipinski definition) is 2. The van der Waals surface area contributed by atoms with Gasteiger partial charge in [-0.25, -0.2) is 0 Å². The Labute approximate surface area is 58.8 Å². The van der Waals surface area contributed by atoms with E-state index in [4.69, 9.17) is 10.3 Å². The minimum Gasteiger partial charge on any atom is -0.375 e. The van der Waals surface area contributed by atoms with Gasteiger partial charge in [0.05, 0.1) is 18.8 Å². The number of hydrogen-bond donors (Lipinski definition) is 0. The average Bonchev–Trinajstić information content (AvgIpc) is 2.39. The molecule has 0 N–H and O–H groups in total. The van der Waals surface area contributed by atoms with Crippen LogP contribution in [0.1, 0.15) is 12.8 Å². The number of nitrogens with zero attached hydrogens (tertiary/aromatic N) is 3. The molecule has 10 heavy (non-hydrogen) atoms. The summed E-state index contributed by atoms with van der Waals surface area (Å²) < 4.78 is 5.45. The zero-order valence-corrected chi connectivity index (χ0v) is 5.66. The van der Waals surface area contributed by atoms with Crippen LogP contribution in [0.15, 0.2) is 5.11 Å². The summed E-state index contributed by atoms with van der Waals surface area (Å²) in [6.07, 6.45) is 2.21. The monoisotopic (exact) mass is 139 g/mol. The first-order valence-electron chi connectivity index (χ1n) is 3.49. The van der Waals surface area contributed by atoms with Crippen molar-refractivity contribution in [3.8, 4) is 0 Å². The van der Waals surface area contributed by atoms with E-state index < -0.39 is 0 Å². The molecular weight excluding hydrogens is 130 g/mol. The Hall–Kier alpha value is -0.730. The second-order valence-electron chi connectivity index (χ2n) is 3.16. The molecule has 0 aromatic carbocycles. The number of rotatable bonds is 2. The molecule has 3 rings (SSSR count). The Bertz CT molecular complexity index is 186. The van der Waals surface area contributed by atoms with Gasteiger partial charge in [-0.15, -0.1) is 0 Å². The molecule has 3 fully saturated rings. The lowest BCUT2D eigenvalue weighted by Crippen LogP contribution is -2.39. The SMILES string of the molecule is [N-]=[N+]=NCC12CC(CO1)C2. The van der Waals surface area contributed by atoms with Crippen molar-refractivity contribution in [3.63, 3.8) is 0 Å². The fourth-order valence-electron chi connectivity index (χ4n) is 1.86. The van der Waals surface area contributed by atoms with Crippen molar-refractivity contribution in [2.24, 2.45) is 11.0 Å². The van der Waals surface area contributed by atoms with E-state index in [1.54, 1.807) is 0 Å². The van der Waals surface area contributed by atoms with Crippen molar-refractivity contribution in [2.75, 3.05) is 13.2 Å². The van der Waals surface area contributed by atoms with Crippen molar-refractivity contribution in [1.29, 1.82) is 0 Å². The van der Waals surface area contributed by atoms with Crippen LogP contribution in [0.25, 0.3) is 10.4 Å². The third-order valence-corrected chi connectivity index (χ3v) is 2.37. The highest BCUT2D eigenvalue weighted by molar-refractivity contribution is 5.02. The first-order chi connectivity index (χ1) is 4.85. The Morgan fingerprint density at radius 2 is 2.50 bits per heavy atom. The molecule has 2 heterocycles. The van der Waals surface area contributed by atoms with Gasteiger partial charge in [0.15, 0.2) is 0 Å². The fourth-order valence-corrected chi connectivity index (χ4v) is 1.86. The molecule has 0 amide bonds. The molecule has 1 aliphatic carbocycles. The quantitative estimate of drug-likeness (QED) is 0.324. The van der Waals surface area contributed by atoms with Crippen LogP contribution in [-0.4, -0.2) is 18.8 Å². The van der Waals surface area contributed by atoms with Gasteiger partial charge >= 0.3 is 0 Å². The Morgan fingerprint density at radius 1 is 1.70 bits per heavy atom. The first kappa shape index (κ1) is 6.01. The average molecular weight is 139 g/mol. The third-order valence-electron chi connectivity index (χ3n) is 2.37. The van der Waals surface area contributed by atoms with Crippen molar-refractivity contribution in [3.05, 3.63) is 10.4 Å². The summed E-state index contributed by atoms with van der Waals surface area (Å²) >= 11 is 0. The molecule has 2 saturated heterocycles. The molecule has 0 spiro atoms. The highest BCUT2D eigenvalue weighted by atomic mass is 16.5. The lowest BCUT2D eigenvalue weighted by Gasteiger charge is -2.34. The maximum Gasteiger partial charge on any atom is 0.0746 e. The van der Waals surface area contributed by atoms with E-state index in [0.717, 1.165) is 25.4 Å². The van der Waals surface area contributed by atoms with Crippen molar-refractivity contribution >= 4 is 0 Å². The van der Waals surface area contributed by atoms with Crippen LogP contribution in [0, 0.1) is 5.92 Å². The summed E-state index contributed by atoms with van der Waals surface area (Å²) in [4.78, 5) is 2.71. The molecule has 0 aromatic rings. The molecular formula is C6H9N3O. The summed E-state index contributed by atoms with van der Waals surface area (Å²) in [5.74, 6) is 0.758. The summed E-state index contributed by atoms with van der Waals surface area (Å²) in [6, 6.07) is 0. The van der Waals surface area contributed by atoms with Crippen LogP contribution in [0.2, 0.25) is 0 Å². The molecule has 54 valence electrons. The predicted molar refractivity (Wildman–Crippen MR) is 35.4 cm³/mol. The van der Waals surface area contributed by atoms with Crippen molar-refractivity contribution < 1.29 is 4.74 Å². The molecule has 1 saturated carbocycles. The summed E-state index contributed by atoms with van der Waals surface area (Å²) in [6.45, 7) is 1.40. The number of fused-ring (bicyclic) bond motifs is 1. The minimum atomic E-state index is -0.0309. The molecule has 3 aliphatic rings. The Kier molecular flexibility index (Phi) is 1.13. The maximum absolute atomic E-state index is 8.06. The van der Waals surface area contributed by atoms with Crippen LogP contribution in [0.3, 0.4) is 0 Å². The van der Waals surface area contributed by atoms with Gasteiger partial charge in [0.1, 0.15) is 0 Å². The van der Waals surface area contributed by atoms with Crippen LogP contribution in [0.4, 0.5) is 0 Å². The zero-order chi connectivity index (χ0) is 7.03. The van der Waals surface area contributed by atoms with E-state index in [0.29, 0.717) is 6.54 Å². The standard InChI is InChI=1S/C6H9N3O/c7-9-8-4-6-1-5(2-6)3-10-6/h5H,1-4H2. The highest BCUT2D eigenvalue weighted by Gasteiger charge is 2.51. The van der Waals surface area contributed by atoms with Gasteiger partial charge in [0.25, 0.3) is 0 Å². The molecule has 0 unspecified atom stereocenters. The Balaban J connectivity index is 1.98. The molecule has 0 atom stereocenters. The third kappa shape index (κ3) is 0.696. The molecule has 0 aromatic heterocycles. The van der Waals surface area contributed by atoms with Crippen molar-refractivity contribution in [1.82, 2.24) is 0 Å². The largest absolute Gasteiger partial charge is 0.375 e. The second kappa shape index (κ2) is 1.87. The van der Waals surface area contributed by atoms with Crippen LogP contribution < -0.4 is 0 Å². The first-order valence-corrected chi connectivity index (χ1v) is 3.49. The smallest absolute Gasteiger partial charge is 0.0746 e. The van der Waals surface area contributed by atoms with E-state index >= 15 is 0 Å². The fraction of sp³-hybridized carbons (Fsp3) is 1.00. The van der Waals surface area contributed by atoms with Crippen LogP contribution >= 0.6 is 0 Å². The van der Waals surface area contributed by atoms with Crippen LogP contribution in [-0.2, 0) is 4.74 Å². The number of ether oxygens (including phenoxy) is 1. The summed E-state index contributed by atoms with van der Waals surface area (Å²) in [5.41, 5.74) is 8.03. The molecule has 2 aliphatic heterocycles. The maximum atomic E-state index is 8.06. The lowest BCUT2D eigenvalue weighted by atomic mass is 9.75. The lowest BCUT2D eigenvalue weighted by molar-refractivity contribution is 0.0107. The predicted octanol–water partition coefficient (Wildman–Crippen LogP) is 1.48.